The molecule has 0 unspecified atom stereocenters. The van der Waals surface area contributed by atoms with Crippen molar-refractivity contribution in [2.45, 2.75) is 6.61 Å². The number of halogens is 1. The third-order valence-corrected chi connectivity index (χ3v) is 4.34. The van der Waals surface area contributed by atoms with E-state index in [4.69, 9.17) is 25.8 Å². The standard InChI is InChI=1S/C23H20ClNO5/c1-28-21-12-11-18(24)13-20(21)25-22(26)15-30-23(27)17-9-7-16(8-10-17)14-29-19-5-3-2-4-6-19/h2-13H,14-15H2,1H3,(H,25,26). The molecule has 0 saturated heterocycles. The van der Waals surface area contributed by atoms with Crippen LogP contribution < -0.4 is 14.8 Å². The largest absolute Gasteiger partial charge is 0.495 e. The van der Waals surface area contributed by atoms with Crippen LogP contribution in [0.2, 0.25) is 5.02 Å². The monoisotopic (exact) mass is 425 g/mol. The van der Waals surface area contributed by atoms with Crippen LogP contribution in [0.1, 0.15) is 15.9 Å². The number of esters is 1. The lowest BCUT2D eigenvalue weighted by Crippen LogP contribution is -2.21. The molecule has 7 heteroatoms. The van der Waals surface area contributed by atoms with Gasteiger partial charge in [-0.15, -0.1) is 0 Å². The number of benzene rings is 3. The first-order valence-corrected chi connectivity index (χ1v) is 9.50. The molecule has 0 saturated carbocycles. The van der Waals surface area contributed by atoms with Crippen LogP contribution in [0.3, 0.4) is 0 Å². The highest BCUT2D eigenvalue weighted by molar-refractivity contribution is 6.31. The topological polar surface area (TPSA) is 73.9 Å². The number of carbonyl (C=O) groups excluding carboxylic acids is 2. The highest BCUT2D eigenvalue weighted by Crippen LogP contribution is 2.27. The van der Waals surface area contributed by atoms with Gasteiger partial charge in [-0.1, -0.05) is 41.9 Å². The van der Waals surface area contributed by atoms with E-state index in [-0.39, 0.29) is 0 Å². The molecule has 0 atom stereocenters. The maximum atomic E-state index is 12.2. The van der Waals surface area contributed by atoms with Gasteiger partial charge < -0.3 is 19.5 Å². The molecule has 3 rings (SSSR count). The molecule has 0 aliphatic carbocycles. The Morgan fingerprint density at radius 3 is 2.40 bits per heavy atom. The van der Waals surface area contributed by atoms with Gasteiger partial charge in [0.05, 0.1) is 18.4 Å². The Bertz CT molecular complexity index is 1010. The van der Waals surface area contributed by atoms with E-state index in [0.717, 1.165) is 11.3 Å². The van der Waals surface area contributed by atoms with Crippen molar-refractivity contribution < 1.29 is 23.8 Å². The second-order valence-corrected chi connectivity index (χ2v) is 6.70. The Kier molecular flexibility index (Phi) is 7.29. The molecular formula is C23H20ClNO5. The number of ether oxygens (including phenoxy) is 3. The summed E-state index contributed by atoms with van der Waals surface area (Å²) in [5.41, 5.74) is 1.64. The molecule has 6 nitrogen and oxygen atoms in total. The summed E-state index contributed by atoms with van der Waals surface area (Å²) in [4.78, 5) is 24.3. The second kappa shape index (κ2) is 10.3. The van der Waals surface area contributed by atoms with Gasteiger partial charge >= 0.3 is 5.97 Å². The minimum atomic E-state index is -0.598. The van der Waals surface area contributed by atoms with Gasteiger partial charge in [0.1, 0.15) is 18.1 Å². The number of hydrogen-bond acceptors (Lipinski definition) is 5. The Labute approximate surface area is 179 Å². The van der Waals surface area contributed by atoms with Gasteiger partial charge in [0.25, 0.3) is 5.91 Å². The summed E-state index contributed by atoms with van der Waals surface area (Å²) >= 11 is 5.93. The van der Waals surface area contributed by atoms with E-state index in [1.807, 2.05) is 30.3 Å². The Hall–Kier alpha value is -3.51. The third kappa shape index (κ3) is 5.99. The van der Waals surface area contributed by atoms with Gasteiger partial charge in [0.2, 0.25) is 0 Å². The molecule has 30 heavy (non-hydrogen) atoms. The summed E-state index contributed by atoms with van der Waals surface area (Å²) in [6.45, 7) is -0.0589. The molecular weight excluding hydrogens is 406 g/mol. The predicted molar refractivity (Wildman–Crippen MR) is 114 cm³/mol. The van der Waals surface area contributed by atoms with Crippen molar-refractivity contribution >= 4 is 29.2 Å². The number of rotatable bonds is 8. The lowest BCUT2D eigenvalue weighted by atomic mass is 10.1. The molecule has 1 N–H and O–H groups in total. The van der Waals surface area contributed by atoms with Crippen LogP contribution in [0.15, 0.2) is 72.8 Å². The van der Waals surface area contributed by atoms with Gasteiger partial charge in [-0.05, 0) is 48.0 Å². The van der Waals surface area contributed by atoms with Crippen molar-refractivity contribution in [3.05, 3.63) is 88.9 Å². The zero-order valence-electron chi connectivity index (χ0n) is 16.3. The second-order valence-electron chi connectivity index (χ2n) is 6.27. The van der Waals surface area contributed by atoms with Gasteiger partial charge in [-0.2, -0.15) is 0 Å². The average molecular weight is 426 g/mol. The van der Waals surface area contributed by atoms with Crippen molar-refractivity contribution in [3.8, 4) is 11.5 Å². The first-order valence-electron chi connectivity index (χ1n) is 9.12. The fourth-order valence-corrected chi connectivity index (χ4v) is 2.77. The SMILES string of the molecule is COc1ccc(Cl)cc1NC(=O)COC(=O)c1ccc(COc2ccccc2)cc1. The van der Waals surface area contributed by atoms with Gasteiger partial charge in [-0.25, -0.2) is 4.79 Å². The van der Waals surface area contributed by atoms with E-state index in [1.54, 1.807) is 42.5 Å². The molecule has 1 amide bonds. The summed E-state index contributed by atoms with van der Waals surface area (Å²) in [6.07, 6.45) is 0. The molecule has 0 spiro atoms. The summed E-state index contributed by atoms with van der Waals surface area (Å²) in [7, 11) is 1.48. The van der Waals surface area contributed by atoms with Crippen LogP contribution in [0.25, 0.3) is 0 Å². The minimum Gasteiger partial charge on any atom is -0.495 e. The molecule has 0 aromatic heterocycles. The zero-order valence-corrected chi connectivity index (χ0v) is 17.0. The number of carbonyl (C=O) groups is 2. The number of anilines is 1. The molecule has 0 radical (unpaired) electrons. The molecule has 3 aromatic carbocycles. The summed E-state index contributed by atoms with van der Waals surface area (Å²) in [5.74, 6) is 0.117. The molecule has 0 bridgehead atoms. The molecule has 0 heterocycles. The van der Waals surface area contributed by atoms with E-state index in [2.05, 4.69) is 5.32 Å². The quantitative estimate of drug-likeness (QED) is 0.528. The number of methoxy groups -OCH3 is 1. The molecule has 0 fully saturated rings. The van der Waals surface area contributed by atoms with Crippen LogP contribution in [-0.4, -0.2) is 25.6 Å². The average Bonchev–Trinajstić information content (AvgIpc) is 2.77. The number of nitrogens with one attached hydrogen (secondary N) is 1. The lowest BCUT2D eigenvalue weighted by molar-refractivity contribution is -0.119. The summed E-state index contributed by atoms with van der Waals surface area (Å²) in [6, 6.07) is 21.1. The fraction of sp³-hybridized carbons (Fsp3) is 0.130. The van der Waals surface area contributed by atoms with E-state index in [9.17, 15) is 9.59 Å². The van der Waals surface area contributed by atoms with Crippen molar-refractivity contribution in [1.29, 1.82) is 0 Å². The van der Waals surface area contributed by atoms with E-state index >= 15 is 0 Å². The maximum absolute atomic E-state index is 12.2. The molecule has 0 aliphatic heterocycles. The highest BCUT2D eigenvalue weighted by atomic mass is 35.5. The normalized spacial score (nSPS) is 10.2. The van der Waals surface area contributed by atoms with Crippen LogP contribution in [0.5, 0.6) is 11.5 Å². The summed E-state index contributed by atoms with van der Waals surface area (Å²) in [5, 5.41) is 3.05. The Balaban J connectivity index is 1.50. The van der Waals surface area contributed by atoms with E-state index in [0.29, 0.717) is 28.6 Å². The fourth-order valence-electron chi connectivity index (χ4n) is 2.60. The van der Waals surface area contributed by atoms with Crippen molar-refractivity contribution in [2.24, 2.45) is 0 Å². The van der Waals surface area contributed by atoms with E-state index < -0.39 is 18.5 Å². The van der Waals surface area contributed by atoms with Gasteiger partial charge in [0.15, 0.2) is 6.61 Å². The van der Waals surface area contributed by atoms with Gasteiger partial charge in [0, 0.05) is 5.02 Å². The Morgan fingerprint density at radius 2 is 1.70 bits per heavy atom. The lowest BCUT2D eigenvalue weighted by Gasteiger charge is -2.11. The molecule has 0 aliphatic rings. The van der Waals surface area contributed by atoms with Crippen molar-refractivity contribution in [3.63, 3.8) is 0 Å². The van der Waals surface area contributed by atoms with Crippen LogP contribution in [0, 0.1) is 0 Å². The first kappa shape index (κ1) is 21.2. The van der Waals surface area contributed by atoms with Gasteiger partial charge in [-0.3, -0.25) is 4.79 Å². The zero-order chi connectivity index (χ0) is 21.3. The highest BCUT2D eigenvalue weighted by Gasteiger charge is 2.13. The number of hydrogen-bond donors (Lipinski definition) is 1. The smallest absolute Gasteiger partial charge is 0.338 e. The Morgan fingerprint density at radius 1 is 0.967 bits per heavy atom. The molecule has 3 aromatic rings. The number of amides is 1. The van der Waals surface area contributed by atoms with Crippen LogP contribution in [0.4, 0.5) is 5.69 Å². The maximum Gasteiger partial charge on any atom is 0.338 e. The van der Waals surface area contributed by atoms with Crippen LogP contribution >= 0.6 is 11.6 Å². The van der Waals surface area contributed by atoms with Crippen molar-refractivity contribution in [2.75, 3.05) is 19.0 Å². The first-order chi connectivity index (χ1) is 14.5. The predicted octanol–water partition coefficient (Wildman–Crippen LogP) is 4.72. The van der Waals surface area contributed by atoms with Crippen molar-refractivity contribution in [1.82, 2.24) is 0 Å². The summed E-state index contributed by atoms with van der Waals surface area (Å²) < 4.78 is 15.9. The van der Waals surface area contributed by atoms with E-state index in [1.165, 1.54) is 7.11 Å². The third-order valence-electron chi connectivity index (χ3n) is 4.11. The van der Waals surface area contributed by atoms with Crippen LogP contribution in [-0.2, 0) is 16.1 Å². The number of para-hydroxylation sites is 1. The minimum absolute atomic E-state index is 0.339. The molecule has 154 valence electrons.